The van der Waals surface area contributed by atoms with Crippen LogP contribution in [0.3, 0.4) is 0 Å². The van der Waals surface area contributed by atoms with Crippen molar-refractivity contribution in [3.63, 3.8) is 0 Å². The van der Waals surface area contributed by atoms with Gasteiger partial charge in [0.25, 0.3) is 0 Å². The number of benzene rings is 4. The quantitative estimate of drug-likeness (QED) is 0.0317. The van der Waals surface area contributed by atoms with Crippen LogP contribution in [-0.4, -0.2) is 187 Å². The summed E-state index contributed by atoms with van der Waals surface area (Å²) in [6.45, 7) is 62.4. The van der Waals surface area contributed by atoms with E-state index < -0.39 is 59.9 Å². The number of aromatic nitrogens is 4. The van der Waals surface area contributed by atoms with Gasteiger partial charge in [-0.15, -0.1) is 50.9 Å². The Bertz CT molecular complexity index is 5130. The van der Waals surface area contributed by atoms with Crippen molar-refractivity contribution in [1.82, 2.24) is 39.5 Å². The number of β-amino-alcohol motifs (C(OH)–C–C–N with tert-alkyl or cyclic N) is 4. The molecule has 4 aromatic carbocycles. The van der Waals surface area contributed by atoms with Gasteiger partial charge in [0, 0.05) is 151 Å². The van der Waals surface area contributed by atoms with Crippen molar-refractivity contribution in [3.05, 3.63) is 170 Å². The van der Waals surface area contributed by atoms with Crippen LogP contribution in [-0.2, 0) is 102 Å². The first-order valence-corrected chi connectivity index (χ1v) is 53.2. The molecule has 4 amide bonds. The molecule has 4 saturated heterocycles. The van der Waals surface area contributed by atoms with Crippen molar-refractivity contribution >= 4 is 97.9 Å². The summed E-state index contributed by atoms with van der Waals surface area (Å²) in [6, 6.07) is 31.8. The number of thiazole rings is 4. The second-order valence-corrected chi connectivity index (χ2v) is 50.4. The number of amides is 4. The Morgan fingerprint density at radius 2 is 0.629 bits per heavy atom. The fraction of sp³-hybridized carbons (Fsp3) is 0.596. The van der Waals surface area contributed by atoms with Gasteiger partial charge in [-0.05, 0) is 145 Å². The van der Waals surface area contributed by atoms with Crippen molar-refractivity contribution in [2.75, 3.05) is 26.2 Å². The molecule has 0 saturated carbocycles. The third-order valence-electron chi connectivity index (χ3n) is 25.7. The number of aliphatic hydroxyl groups is 4. The van der Waals surface area contributed by atoms with Crippen LogP contribution in [0.15, 0.2) is 113 Å². The molecule has 26 heteroatoms. The van der Waals surface area contributed by atoms with E-state index in [0.717, 1.165) is 85.0 Å². The van der Waals surface area contributed by atoms with Crippen molar-refractivity contribution in [1.29, 1.82) is 0 Å². The number of likely N-dealkylation sites (tertiary alicyclic amines) is 4. The average molecular weight is 2070 g/mol. The Hall–Kier alpha value is -7.43. The second kappa shape index (κ2) is 53.6. The van der Waals surface area contributed by atoms with E-state index >= 15 is 0 Å². The summed E-state index contributed by atoms with van der Waals surface area (Å²) in [5, 5.41) is 41.0. The molecule has 4 aromatic heterocycles. The predicted octanol–water partition coefficient (Wildman–Crippen LogP) is 22.9. The number of carbonyl (C=O) groups is 9. The molecule has 140 heavy (non-hydrogen) atoms. The van der Waals surface area contributed by atoms with Gasteiger partial charge in [0.15, 0.2) is 23.1 Å². The molecule has 4 N–H and O–H groups in total. The third-order valence-corrected chi connectivity index (χ3v) is 29.6. The van der Waals surface area contributed by atoms with Crippen molar-refractivity contribution in [3.8, 4) is 41.8 Å². The maximum absolute atomic E-state index is 13.6. The first kappa shape index (κ1) is 121. The monoisotopic (exact) mass is 2070 g/mol. The summed E-state index contributed by atoms with van der Waals surface area (Å²) in [7, 11) is 0. The Labute approximate surface area is 879 Å². The van der Waals surface area contributed by atoms with Crippen molar-refractivity contribution in [2.45, 2.75) is 353 Å². The number of hydrogen-bond donors (Lipinski definition) is 4. The molecule has 4 aliphatic heterocycles. The van der Waals surface area contributed by atoms with E-state index in [-0.39, 0.29) is 176 Å². The molecular weight excluding hydrogens is 1910 g/mol. The molecule has 8 aromatic rings. The molecule has 4 unspecified atom stereocenters. The summed E-state index contributed by atoms with van der Waals surface area (Å²) in [4.78, 5) is 146. The SMILES string of the molecule is CC(=O)CC(C(=O)N1C[C@H](O)C[C@H]1C(=O)CCc1[c-]cc(-c2scnc2C)cc1)C(C)(C)C.CC(C)(C)C.C[C-](C)C.Cc1ncsc1-c1ccc(CCC(=O)[C@@H]2C[C@@H](O)CN2C(=O)C(C)C(C)C)cc1.Cc1ncsc1-c1ccc(CCC(=O)[C@@H]2C[C@@H](O)CN2C(=O)C(CC(C)(C)C)C(C)(C)C)cc1.Cc1ncsc1-c1ccc(CCC(=O)[C@@H]2C[C@@H](O)CN2C(=O)C(CC(C)(C)C)C(C)(C)C)cc1.[Y]. The predicted molar refractivity (Wildman–Crippen MR) is 567 cm³/mol. The molecule has 0 spiro atoms. The standard InChI is InChI=1S/2C28H40N2O3S.C26H33N2O4S.C23H30N2O3S.C5H12.C4H9.Y/c2*1-18-25(34-17-29-18)20-11-8-19(9-12-20)10-13-24(32)23-14-21(31)16-30(23)26(33)22(28(5,6)7)15-27(2,3)4;1-16(29)12-21(26(3,4)5)25(32)28-14-20(30)13-22(28)23(31)11-8-18-6-9-19(10-7-18)24-17(2)27-15-33-24;1-14(2)15(3)23(28)25-12-19(26)11-20(25)21(27)10-7-17-5-8-18(9-6-17)22-16(4)24-13-29-22;1-5(2,3)4;1-4(2)3;/h2*8-9,11-12,17,21-23,31H,10,13-16H2,1-7H3;6,9-10,15,20-22,30H,8,11-14H2,1-5H3;5-6,8-9,13-15,19-20,26H,7,10-12H2,1-4H3;1-4H3;1-3H3;/q;;-1;;;-1;/t2*21-,22?,23+;20-,21?,22+;15?,19-,20+;;;/m1111.../s1. The van der Waals surface area contributed by atoms with E-state index in [9.17, 15) is 63.6 Å². The van der Waals surface area contributed by atoms with Crippen LogP contribution < -0.4 is 0 Å². The van der Waals surface area contributed by atoms with Crippen LogP contribution in [0, 0.1) is 102 Å². The molecule has 21 nitrogen and oxygen atoms in total. The van der Waals surface area contributed by atoms with Gasteiger partial charge in [-0.3, -0.25) is 43.3 Å². The van der Waals surface area contributed by atoms with Gasteiger partial charge in [-0.25, -0.2) is 15.0 Å². The van der Waals surface area contributed by atoms with Gasteiger partial charge < -0.3 is 50.7 Å². The fourth-order valence-corrected chi connectivity index (χ4v) is 20.9. The summed E-state index contributed by atoms with van der Waals surface area (Å²) in [6.07, 6.45) is 4.02. The van der Waals surface area contributed by atoms with E-state index in [2.05, 4.69) is 230 Å². The fourth-order valence-electron chi connectivity index (χ4n) is 17.7. The van der Waals surface area contributed by atoms with Gasteiger partial charge >= 0.3 is 0 Å². The molecular formula is C114H164N8O13S4Y-2. The zero-order chi connectivity index (χ0) is 104. The van der Waals surface area contributed by atoms with Crippen molar-refractivity contribution in [2.24, 2.45) is 62.1 Å². The zero-order valence-corrected chi connectivity index (χ0v) is 95.8. The van der Waals surface area contributed by atoms with Crippen LogP contribution in [0.4, 0.5) is 0 Å². The summed E-state index contributed by atoms with van der Waals surface area (Å²) in [5.41, 5.74) is 19.7. The maximum Gasteiger partial charge on any atom is 0.227 e. The second-order valence-electron chi connectivity index (χ2n) is 46.9. The summed E-state index contributed by atoms with van der Waals surface area (Å²) >= 11 is 6.47. The van der Waals surface area contributed by atoms with Gasteiger partial charge in [0.1, 0.15) is 5.78 Å². The molecule has 0 aliphatic carbocycles. The minimum Gasteiger partial charge on any atom is -0.391 e. The molecule has 0 bridgehead atoms. The van der Waals surface area contributed by atoms with Gasteiger partial charge in [-0.2, -0.15) is 50.6 Å². The normalized spacial score (nSPS) is 19.2. The number of hydrogen-bond acceptors (Lipinski definition) is 21. The number of ketones is 5. The summed E-state index contributed by atoms with van der Waals surface area (Å²) in [5.74, 6) is 0.295. The van der Waals surface area contributed by atoms with Crippen LogP contribution in [0.25, 0.3) is 41.8 Å². The first-order valence-electron chi connectivity index (χ1n) is 49.7. The van der Waals surface area contributed by atoms with Gasteiger partial charge in [0.2, 0.25) is 23.6 Å². The summed E-state index contributed by atoms with van der Waals surface area (Å²) < 4.78 is 0. The molecule has 12 rings (SSSR count). The third kappa shape index (κ3) is 37.9. The number of aliphatic hydroxyl groups excluding tert-OH is 4. The minimum absolute atomic E-state index is 0. The molecule has 4 fully saturated rings. The Balaban J connectivity index is 0.000000277. The van der Waals surface area contributed by atoms with E-state index in [1.54, 1.807) is 60.0 Å². The van der Waals surface area contributed by atoms with E-state index in [0.29, 0.717) is 69.6 Å². The van der Waals surface area contributed by atoms with E-state index in [1.165, 1.54) is 32.4 Å². The van der Waals surface area contributed by atoms with E-state index in [1.807, 2.05) is 109 Å². The van der Waals surface area contributed by atoms with Crippen LogP contribution in [0.2, 0.25) is 0 Å². The topological polar surface area (TPSA) is 299 Å². The van der Waals surface area contributed by atoms with Crippen LogP contribution >= 0.6 is 45.3 Å². The Kier molecular flexibility index (Phi) is 46.4. The molecule has 12 atom stereocenters. The van der Waals surface area contributed by atoms with E-state index in [4.69, 9.17) is 0 Å². The molecule has 4 aliphatic rings. The molecule has 1 radical (unpaired) electrons. The van der Waals surface area contributed by atoms with Gasteiger partial charge in [0.05, 0.1) is 102 Å². The van der Waals surface area contributed by atoms with Crippen LogP contribution in [0.5, 0.6) is 0 Å². The number of Topliss-reactive ketones (excluding diaryl/α,β-unsaturated/α-hetero) is 5. The number of nitrogens with zero attached hydrogens (tertiary/aromatic N) is 8. The number of rotatable bonds is 29. The van der Waals surface area contributed by atoms with Gasteiger partial charge in [-0.1, -0.05) is 225 Å². The average Bonchev–Trinajstić information content (AvgIpc) is 1.57. The molecule has 8 heterocycles. The maximum atomic E-state index is 13.6. The molecule has 767 valence electrons. The first-order chi connectivity index (χ1) is 64.5. The van der Waals surface area contributed by atoms with Crippen molar-refractivity contribution < 1.29 is 96.3 Å². The Morgan fingerprint density at radius 3 is 0.850 bits per heavy atom. The Morgan fingerprint density at radius 1 is 0.386 bits per heavy atom. The van der Waals surface area contributed by atoms with Crippen LogP contribution in [0.1, 0.15) is 296 Å². The number of aryl methyl sites for hydroxylation is 8. The zero-order valence-electron chi connectivity index (χ0n) is 89.7. The minimum atomic E-state index is -0.727. The number of carbonyl (C=O) groups excluding carboxylic acids is 9. The largest absolute Gasteiger partial charge is 0.391 e. The smallest absolute Gasteiger partial charge is 0.227 e.